The largest absolute Gasteiger partial charge is 0.303 e. The molecule has 0 aliphatic heterocycles. The maximum absolute atomic E-state index is 10.1. The molecule has 0 N–H and O–H groups in total. The second-order valence-electron chi connectivity index (χ2n) is 2.66. The molecule has 1 nitrogen and oxygen atoms in total. The summed E-state index contributed by atoms with van der Waals surface area (Å²) in [6, 6.07) is 8.01. The van der Waals surface area contributed by atoms with Crippen LogP contribution in [0.4, 0.5) is 0 Å². The average Bonchev–Trinajstić information content (AvgIpc) is 2.15. The first-order valence-corrected chi connectivity index (χ1v) is 4.47. The molecule has 1 aromatic carbocycles. The summed E-state index contributed by atoms with van der Waals surface area (Å²) in [6.07, 6.45) is 2.34. The maximum atomic E-state index is 10.1. The SMILES string of the molecule is O=CCCc1cccc(CCl)c1. The highest BCUT2D eigenvalue weighted by Crippen LogP contribution is 2.08. The van der Waals surface area contributed by atoms with Crippen molar-refractivity contribution in [2.24, 2.45) is 0 Å². The van der Waals surface area contributed by atoms with E-state index >= 15 is 0 Å². The Labute approximate surface area is 77.4 Å². The standard InChI is InChI=1S/C10H11ClO/c11-8-10-4-1-3-9(7-10)5-2-6-12/h1,3-4,6-7H,2,5,8H2. The Kier molecular flexibility index (Phi) is 3.81. The van der Waals surface area contributed by atoms with E-state index in [1.807, 2.05) is 24.3 Å². The van der Waals surface area contributed by atoms with Crippen molar-refractivity contribution in [2.75, 3.05) is 0 Å². The molecule has 0 saturated carbocycles. The molecule has 0 spiro atoms. The third-order valence-electron chi connectivity index (χ3n) is 1.70. The molecule has 0 heterocycles. The summed E-state index contributed by atoms with van der Waals surface area (Å²) in [5.41, 5.74) is 2.29. The Morgan fingerprint density at radius 3 is 2.75 bits per heavy atom. The smallest absolute Gasteiger partial charge is 0.120 e. The lowest BCUT2D eigenvalue weighted by Crippen LogP contribution is -1.87. The zero-order valence-electron chi connectivity index (χ0n) is 6.79. The van der Waals surface area contributed by atoms with E-state index in [-0.39, 0.29) is 0 Å². The number of aldehydes is 1. The lowest BCUT2D eigenvalue weighted by atomic mass is 10.1. The van der Waals surface area contributed by atoms with Crippen molar-refractivity contribution in [3.8, 4) is 0 Å². The maximum Gasteiger partial charge on any atom is 0.120 e. The van der Waals surface area contributed by atoms with Gasteiger partial charge in [-0.3, -0.25) is 0 Å². The van der Waals surface area contributed by atoms with Crippen LogP contribution in [0.25, 0.3) is 0 Å². The van der Waals surface area contributed by atoms with E-state index in [2.05, 4.69) is 0 Å². The molecule has 0 aromatic heterocycles. The Morgan fingerprint density at radius 2 is 2.08 bits per heavy atom. The van der Waals surface area contributed by atoms with Gasteiger partial charge in [0.25, 0.3) is 0 Å². The number of hydrogen-bond donors (Lipinski definition) is 0. The molecular formula is C10H11ClO. The van der Waals surface area contributed by atoms with Crippen LogP contribution in [0.2, 0.25) is 0 Å². The second kappa shape index (κ2) is 4.94. The van der Waals surface area contributed by atoms with Gasteiger partial charge in [-0.1, -0.05) is 24.3 Å². The molecule has 2 heteroatoms. The third-order valence-corrected chi connectivity index (χ3v) is 2.01. The van der Waals surface area contributed by atoms with Crippen molar-refractivity contribution >= 4 is 17.9 Å². The predicted octanol–water partition coefficient (Wildman–Crippen LogP) is 2.56. The first kappa shape index (κ1) is 9.27. The van der Waals surface area contributed by atoms with Gasteiger partial charge in [0.1, 0.15) is 6.29 Å². The zero-order chi connectivity index (χ0) is 8.81. The highest BCUT2D eigenvalue weighted by Gasteiger charge is 1.94. The summed E-state index contributed by atoms with van der Waals surface area (Å²) in [6.45, 7) is 0. The van der Waals surface area contributed by atoms with Crippen LogP contribution in [0.5, 0.6) is 0 Å². The molecule has 0 aliphatic carbocycles. The number of hydrogen-bond acceptors (Lipinski definition) is 1. The Bertz CT molecular complexity index is 258. The summed E-state index contributed by atoms with van der Waals surface area (Å²) >= 11 is 5.66. The van der Waals surface area contributed by atoms with Crippen molar-refractivity contribution in [1.29, 1.82) is 0 Å². The minimum Gasteiger partial charge on any atom is -0.303 e. The Hall–Kier alpha value is -0.820. The van der Waals surface area contributed by atoms with Crippen molar-refractivity contribution in [1.82, 2.24) is 0 Å². The normalized spacial score (nSPS) is 9.75. The van der Waals surface area contributed by atoms with Gasteiger partial charge in [0.15, 0.2) is 0 Å². The minimum atomic E-state index is 0.537. The molecule has 0 bridgehead atoms. The summed E-state index contributed by atoms with van der Waals surface area (Å²) in [7, 11) is 0. The molecule has 1 rings (SSSR count). The van der Waals surface area contributed by atoms with Crippen LogP contribution in [0.3, 0.4) is 0 Å². The highest BCUT2D eigenvalue weighted by atomic mass is 35.5. The number of rotatable bonds is 4. The number of carbonyl (C=O) groups is 1. The lowest BCUT2D eigenvalue weighted by Gasteiger charge is -1.99. The van der Waals surface area contributed by atoms with E-state index in [9.17, 15) is 4.79 Å². The predicted molar refractivity (Wildman–Crippen MR) is 50.4 cm³/mol. The zero-order valence-corrected chi connectivity index (χ0v) is 7.55. The Morgan fingerprint density at radius 1 is 1.33 bits per heavy atom. The van der Waals surface area contributed by atoms with Gasteiger partial charge in [-0.2, -0.15) is 0 Å². The molecule has 0 fully saturated rings. The van der Waals surface area contributed by atoms with E-state index in [1.165, 1.54) is 5.56 Å². The number of alkyl halides is 1. The van der Waals surface area contributed by atoms with Gasteiger partial charge in [-0.25, -0.2) is 0 Å². The van der Waals surface area contributed by atoms with Crippen molar-refractivity contribution in [2.45, 2.75) is 18.7 Å². The number of benzene rings is 1. The second-order valence-corrected chi connectivity index (χ2v) is 2.93. The van der Waals surface area contributed by atoms with Gasteiger partial charge in [-0.05, 0) is 17.5 Å². The number of aryl methyl sites for hydroxylation is 1. The van der Waals surface area contributed by atoms with Gasteiger partial charge in [0.2, 0.25) is 0 Å². The van der Waals surface area contributed by atoms with E-state index < -0.39 is 0 Å². The van der Waals surface area contributed by atoms with E-state index in [0.29, 0.717) is 12.3 Å². The molecule has 0 unspecified atom stereocenters. The molecule has 64 valence electrons. The van der Waals surface area contributed by atoms with Crippen LogP contribution >= 0.6 is 11.6 Å². The summed E-state index contributed by atoms with van der Waals surface area (Å²) in [4.78, 5) is 10.1. The van der Waals surface area contributed by atoms with E-state index in [1.54, 1.807) is 0 Å². The fraction of sp³-hybridized carbons (Fsp3) is 0.300. The first-order chi connectivity index (χ1) is 5.86. The van der Waals surface area contributed by atoms with E-state index in [4.69, 9.17) is 11.6 Å². The van der Waals surface area contributed by atoms with Crippen LogP contribution < -0.4 is 0 Å². The molecule has 0 atom stereocenters. The summed E-state index contributed by atoms with van der Waals surface area (Å²) < 4.78 is 0. The van der Waals surface area contributed by atoms with E-state index in [0.717, 1.165) is 18.3 Å². The van der Waals surface area contributed by atoms with Crippen LogP contribution in [-0.4, -0.2) is 6.29 Å². The molecule has 0 aliphatic rings. The van der Waals surface area contributed by atoms with Gasteiger partial charge in [0, 0.05) is 12.3 Å². The average molecular weight is 183 g/mol. The topological polar surface area (TPSA) is 17.1 Å². The Balaban J connectivity index is 2.65. The molecule has 0 saturated heterocycles. The van der Waals surface area contributed by atoms with Crippen molar-refractivity contribution < 1.29 is 4.79 Å². The molecule has 12 heavy (non-hydrogen) atoms. The molecule has 0 radical (unpaired) electrons. The van der Waals surface area contributed by atoms with Crippen LogP contribution in [0, 0.1) is 0 Å². The minimum absolute atomic E-state index is 0.537. The van der Waals surface area contributed by atoms with Gasteiger partial charge < -0.3 is 4.79 Å². The van der Waals surface area contributed by atoms with Crippen LogP contribution in [0.15, 0.2) is 24.3 Å². The fourth-order valence-corrected chi connectivity index (χ4v) is 1.26. The molecule has 0 amide bonds. The van der Waals surface area contributed by atoms with Gasteiger partial charge in [0.05, 0.1) is 0 Å². The number of halogens is 1. The highest BCUT2D eigenvalue weighted by molar-refractivity contribution is 6.17. The summed E-state index contributed by atoms with van der Waals surface area (Å²) in [5.74, 6) is 0.537. The third kappa shape index (κ3) is 2.67. The molecular weight excluding hydrogens is 172 g/mol. The van der Waals surface area contributed by atoms with Crippen LogP contribution in [0.1, 0.15) is 17.5 Å². The van der Waals surface area contributed by atoms with Crippen molar-refractivity contribution in [3.63, 3.8) is 0 Å². The number of carbonyl (C=O) groups excluding carboxylic acids is 1. The van der Waals surface area contributed by atoms with Gasteiger partial charge in [-0.15, -0.1) is 11.6 Å². The van der Waals surface area contributed by atoms with Gasteiger partial charge >= 0.3 is 0 Å². The fourth-order valence-electron chi connectivity index (χ4n) is 1.09. The van der Waals surface area contributed by atoms with Crippen molar-refractivity contribution in [3.05, 3.63) is 35.4 Å². The van der Waals surface area contributed by atoms with Crippen LogP contribution in [-0.2, 0) is 17.1 Å². The lowest BCUT2D eigenvalue weighted by molar-refractivity contribution is -0.107. The quantitative estimate of drug-likeness (QED) is 0.517. The molecule has 1 aromatic rings. The monoisotopic (exact) mass is 182 g/mol. The summed E-state index contributed by atoms with van der Waals surface area (Å²) in [5, 5.41) is 0. The first-order valence-electron chi connectivity index (χ1n) is 3.94.